The second kappa shape index (κ2) is 4.61. The first-order valence-corrected chi connectivity index (χ1v) is 4.90. The van der Waals surface area contributed by atoms with Crippen LogP contribution in [0.15, 0.2) is 0 Å². The average Bonchev–Trinajstić information content (AvgIpc) is 2.49. The number of esters is 1. The Kier molecular flexibility index (Phi) is 3.72. The zero-order chi connectivity index (χ0) is 9.84. The Morgan fingerprint density at radius 2 is 2.38 bits per heavy atom. The van der Waals surface area contributed by atoms with E-state index in [1.54, 1.807) is 0 Å². The summed E-state index contributed by atoms with van der Waals surface area (Å²) in [6, 6.07) is 0. The number of carbonyl (C=O) groups is 1. The molecule has 0 aromatic carbocycles. The molecule has 1 heterocycles. The van der Waals surface area contributed by atoms with Crippen LogP contribution in [-0.4, -0.2) is 38.1 Å². The Labute approximate surface area is 80.1 Å². The van der Waals surface area contributed by atoms with Gasteiger partial charge in [0.2, 0.25) is 0 Å². The summed E-state index contributed by atoms with van der Waals surface area (Å²) in [5.41, 5.74) is 0. The van der Waals surface area contributed by atoms with Crippen molar-refractivity contribution in [2.24, 2.45) is 11.8 Å². The highest BCUT2D eigenvalue weighted by Crippen LogP contribution is 2.22. The molecule has 0 aliphatic carbocycles. The smallest absolute Gasteiger partial charge is 0.308 e. The summed E-state index contributed by atoms with van der Waals surface area (Å²) in [4.78, 5) is 13.5. The maximum atomic E-state index is 11.1. The van der Waals surface area contributed by atoms with Crippen molar-refractivity contribution in [3.8, 4) is 0 Å². The average molecular weight is 185 g/mol. The molecule has 1 saturated heterocycles. The van der Waals surface area contributed by atoms with Crippen molar-refractivity contribution >= 4 is 5.97 Å². The molecule has 0 spiro atoms. The van der Waals surface area contributed by atoms with Crippen molar-refractivity contribution < 1.29 is 9.53 Å². The van der Waals surface area contributed by atoms with E-state index in [9.17, 15) is 4.79 Å². The van der Waals surface area contributed by atoms with E-state index < -0.39 is 0 Å². The molecule has 1 aliphatic rings. The van der Waals surface area contributed by atoms with E-state index in [4.69, 9.17) is 4.74 Å². The standard InChI is InChI=1S/C10H19NO2/c1-8(10(12)13-3)6-9-4-5-11(2)7-9/h8-9H,4-7H2,1-3H3. The van der Waals surface area contributed by atoms with Gasteiger partial charge in [0.05, 0.1) is 13.0 Å². The lowest BCUT2D eigenvalue weighted by Gasteiger charge is -2.14. The van der Waals surface area contributed by atoms with Gasteiger partial charge in [0.1, 0.15) is 0 Å². The van der Waals surface area contributed by atoms with Crippen molar-refractivity contribution in [2.45, 2.75) is 19.8 Å². The number of nitrogens with zero attached hydrogens (tertiary/aromatic N) is 1. The Bertz CT molecular complexity index is 182. The third kappa shape index (κ3) is 2.99. The van der Waals surface area contributed by atoms with Crippen LogP contribution in [0.5, 0.6) is 0 Å². The van der Waals surface area contributed by atoms with Crippen molar-refractivity contribution in [3.05, 3.63) is 0 Å². The second-order valence-corrected chi connectivity index (χ2v) is 4.08. The zero-order valence-electron chi connectivity index (χ0n) is 8.75. The lowest BCUT2D eigenvalue weighted by atomic mass is 9.95. The highest BCUT2D eigenvalue weighted by Gasteiger charge is 2.24. The van der Waals surface area contributed by atoms with Crippen LogP contribution >= 0.6 is 0 Å². The molecule has 3 nitrogen and oxygen atoms in total. The number of methoxy groups -OCH3 is 1. The van der Waals surface area contributed by atoms with Crippen LogP contribution in [0.1, 0.15) is 19.8 Å². The minimum Gasteiger partial charge on any atom is -0.469 e. The summed E-state index contributed by atoms with van der Waals surface area (Å²) in [6.07, 6.45) is 2.19. The van der Waals surface area contributed by atoms with Gasteiger partial charge in [-0.25, -0.2) is 0 Å². The highest BCUT2D eigenvalue weighted by molar-refractivity contribution is 5.71. The molecule has 1 fully saturated rings. The Morgan fingerprint density at radius 1 is 1.69 bits per heavy atom. The number of likely N-dealkylation sites (tertiary alicyclic amines) is 1. The van der Waals surface area contributed by atoms with Crippen LogP contribution < -0.4 is 0 Å². The van der Waals surface area contributed by atoms with E-state index in [0.29, 0.717) is 5.92 Å². The largest absolute Gasteiger partial charge is 0.469 e. The van der Waals surface area contributed by atoms with Gasteiger partial charge in [0, 0.05) is 6.54 Å². The minimum absolute atomic E-state index is 0.0569. The fraction of sp³-hybridized carbons (Fsp3) is 0.900. The maximum Gasteiger partial charge on any atom is 0.308 e. The molecule has 1 rings (SSSR count). The summed E-state index contributed by atoms with van der Waals surface area (Å²) in [7, 11) is 3.59. The summed E-state index contributed by atoms with van der Waals surface area (Å²) in [6.45, 7) is 4.24. The van der Waals surface area contributed by atoms with Gasteiger partial charge in [-0.05, 0) is 32.4 Å². The lowest BCUT2D eigenvalue weighted by molar-refractivity contribution is -0.145. The van der Waals surface area contributed by atoms with Crippen LogP contribution in [-0.2, 0) is 9.53 Å². The van der Waals surface area contributed by atoms with Gasteiger partial charge in [0.15, 0.2) is 0 Å². The maximum absolute atomic E-state index is 11.1. The molecule has 0 radical (unpaired) electrons. The molecular weight excluding hydrogens is 166 g/mol. The normalized spacial score (nSPS) is 25.9. The molecule has 0 N–H and O–H groups in total. The van der Waals surface area contributed by atoms with E-state index in [1.807, 2.05) is 6.92 Å². The van der Waals surface area contributed by atoms with Gasteiger partial charge < -0.3 is 9.64 Å². The highest BCUT2D eigenvalue weighted by atomic mass is 16.5. The number of rotatable bonds is 3. The van der Waals surface area contributed by atoms with Crippen molar-refractivity contribution in [3.63, 3.8) is 0 Å². The monoisotopic (exact) mass is 185 g/mol. The van der Waals surface area contributed by atoms with Crippen molar-refractivity contribution in [1.82, 2.24) is 4.90 Å². The van der Waals surface area contributed by atoms with Crippen molar-refractivity contribution in [2.75, 3.05) is 27.2 Å². The quantitative estimate of drug-likeness (QED) is 0.617. The summed E-state index contributed by atoms with van der Waals surface area (Å²) in [5.74, 6) is 0.662. The van der Waals surface area contributed by atoms with E-state index in [1.165, 1.54) is 20.1 Å². The fourth-order valence-electron chi connectivity index (χ4n) is 2.02. The van der Waals surface area contributed by atoms with Crippen LogP contribution in [0.4, 0.5) is 0 Å². The van der Waals surface area contributed by atoms with Crippen LogP contribution in [0.2, 0.25) is 0 Å². The molecular formula is C10H19NO2. The van der Waals surface area contributed by atoms with E-state index >= 15 is 0 Å². The van der Waals surface area contributed by atoms with Gasteiger partial charge in [-0.2, -0.15) is 0 Å². The van der Waals surface area contributed by atoms with Gasteiger partial charge in [0.25, 0.3) is 0 Å². The first-order valence-electron chi connectivity index (χ1n) is 4.90. The first-order chi connectivity index (χ1) is 6.13. The summed E-state index contributed by atoms with van der Waals surface area (Å²) in [5, 5.41) is 0. The molecule has 0 bridgehead atoms. The van der Waals surface area contributed by atoms with Crippen molar-refractivity contribution in [1.29, 1.82) is 0 Å². The Morgan fingerprint density at radius 3 is 2.85 bits per heavy atom. The van der Waals surface area contributed by atoms with E-state index in [2.05, 4.69) is 11.9 Å². The van der Waals surface area contributed by atoms with Gasteiger partial charge >= 0.3 is 5.97 Å². The molecule has 3 heteroatoms. The third-order valence-electron chi connectivity index (χ3n) is 2.78. The summed E-state index contributed by atoms with van der Waals surface area (Å²) >= 11 is 0. The number of hydrogen-bond donors (Lipinski definition) is 0. The second-order valence-electron chi connectivity index (χ2n) is 4.08. The number of ether oxygens (including phenoxy) is 1. The van der Waals surface area contributed by atoms with Crippen LogP contribution in [0, 0.1) is 11.8 Å². The fourth-order valence-corrected chi connectivity index (χ4v) is 2.02. The Hall–Kier alpha value is -0.570. The van der Waals surface area contributed by atoms with Gasteiger partial charge in [-0.1, -0.05) is 6.92 Å². The molecule has 76 valence electrons. The number of hydrogen-bond acceptors (Lipinski definition) is 3. The third-order valence-corrected chi connectivity index (χ3v) is 2.78. The molecule has 0 amide bonds. The molecule has 0 aromatic heterocycles. The molecule has 13 heavy (non-hydrogen) atoms. The first kappa shape index (κ1) is 10.5. The molecule has 2 unspecified atom stereocenters. The SMILES string of the molecule is COC(=O)C(C)CC1CCN(C)C1. The zero-order valence-corrected chi connectivity index (χ0v) is 8.75. The summed E-state index contributed by atoms with van der Waals surface area (Å²) < 4.78 is 4.70. The van der Waals surface area contributed by atoms with Gasteiger partial charge in [-0.15, -0.1) is 0 Å². The predicted molar refractivity (Wildman–Crippen MR) is 51.4 cm³/mol. The molecule has 0 aromatic rings. The lowest BCUT2D eigenvalue weighted by Crippen LogP contribution is -2.19. The predicted octanol–water partition coefficient (Wildman–Crippen LogP) is 1.14. The van der Waals surface area contributed by atoms with E-state index in [-0.39, 0.29) is 11.9 Å². The number of carbonyl (C=O) groups excluding carboxylic acids is 1. The topological polar surface area (TPSA) is 29.5 Å². The Balaban J connectivity index is 2.28. The molecule has 0 saturated carbocycles. The molecule has 2 atom stereocenters. The minimum atomic E-state index is -0.0745. The van der Waals surface area contributed by atoms with Gasteiger partial charge in [-0.3, -0.25) is 4.79 Å². The van der Waals surface area contributed by atoms with Crippen LogP contribution in [0.3, 0.4) is 0 Å². The molecule has 1 aliphatic heterocycles. The van der Waals surface area contributed by atoms with Crippen LogP contribution in [0.25, 0.3) is 0 Å². The van der Waals surface area contributed by atoms with E-state index in [0.717, 1.165) is 13.0 Å².